The molecule has 2 rings (SSSR count). The van der Waals surface area contributed by atoms with Crippen LogP contribution in [0.25, 0.3) is 0 Å². The molecule has 0 spiro atoms. The van der Waals surface area contributed by atoms with Crippen LogP contribution in [0.2, 0.25) is 5.02 Å². The van der Waals surface area contributed by atoms with Crippen molar-refractivity contribution in [2.45, 2.75) is 32.7 Å². The van der Waals surface area contributed by atoms with Crippen LogP contribution in [-0.2, 0) is 4.79 Å². The third-order valence-electron chi connectivity index (χ3n) is 3.95. The lowest BCUT2D eigenvalue weighted by atomic mass is 9.88. The molecule has 1 atom stereocenters. The van der Waals surface area contributed by atoms with Gasteiger partial charge in [-0.25, -0.2) is 0 Å². The number of aryl methyl sites for hydroxylation is 1. The predicted octanol–water partition coefficient (Wildman–Crippen LogP) is 3.34. The maximum absolute atomic E-state index is 11.3. The number of anilines is 1. The number of hydrogen-bond acceptors (Lipinski definition) is 2. The smallest absolute Gasteiger partial charge is 0.308 e. The molecule has 4 heteroatoms. The molecule has 1 saturated heterocycles. The van der Waals surface area contributed by atoms with Gasteiger partial charge in [0.2, 0.25) is 0 Å². The van der Waals surface area contributed by atoms with Gasteiger partial charge in [-0.15, -0.1) is 0 Å². The van der Waals surface area contributed by atoms with Crippen molar-refractivity contribution in [1.29, 1.82) is 0 Å². The van der Waals surface area contributed by atoms with Gasteiger partial charge in [0.15, 0.2) is 0 Å². The highest BCUT2D eigenvalue weighted by Crippen LogP contribution is 2.39. The zero-order valence-electron chi connectivity index (χ0n) is 10.9. The number of halogens is 1. The molecule has 0 saturated carbocycles. The third kappa shape index (κ3) is 2.07. The molecular weight excluding hydrogens is 250 g/mol. The molecule has 1 heterocycles. The van der Waals surface area contributed by atoms with E-state index in [1.807, 2.05) is 39.0 Å². The Morgan fingerprint density at radius 1 is 1.50 bits per heavy atom. The number of aliphatic carboxylic acids is 1. The minimum Gasteiger partial charge on any atom is -0.481 e. The summed E-state index contributed by atoms with van der Waals surface area (Å²) in [5.74, 6) is -1.06. The highest BCUT2D eigenvalue weighted by Gasteiger charge is 2.45. The summed E-state index contributed by atoms with van der Waals surface area (Å²) in [5, 5.41) is 9.98. The van der Waals surface area contributed by atoms with Crippen LogP contribution in [0.15, 0.2) is 18.2 Å². The number of rotatable bonds is 2. The molecule has 0 amide bonds. The zero-order chi connectivity index (χ0) is 13.5. The molecular formula is C14H18ClNO2. The molecule has 1 fully saturated rings. The quantitative estimate of drug-likeness (QED) is 0.893. The second-order valence-electron chi connectivity index (χ2n) is 5.42. The van der Waals surface area contributed by atoms with E-state index >= 15 is 0 Å². The summed E-state index contributed by atoms with van der Waals surface area (Å²) >= 11 is 6.14. The lowest BCUT2D eigenvalue weighted by molar-refractivity contribution is -0.142. The third-order valence-corrected chi connectivity index (χ3v) is 4.36. The summed E-state index contributed by atoms with van der Waals surface area (Å²) in [4.78, 5) is 13.4. The van der Waals surface area contributed by atoms with E-state index in [-0.39, 0.29) is 11.5 Å². The standard InChI is InChI=1S/C14H18ClNO2/c1-9-4-5-10(8-12(9)15)16-7-6-11(13(17)18)14(16,2)3/h4-5,8,11H,6-7H2,1-3H3,(H,17,18). The van der Waals surface area contributed by atoms with Gasteiger partial charge in [0.05, 0.1) is 5.92 Å². The zero-order valence-corrected chi connectivity index (χ0v) is 11.7. The summed E-state index contributed by atoms with van der Waals surface area (Å²) in [6.45, 7) is 6.67. The number of hydrogen-bond donors (Lipinski definition) is 1. The lowest BCUT2D eigenvalue weighted by Gasteiger charge is -2.36. The van der Waals surface area contributed by atoms with Crippen molar-refractivity contribution >= 4 is 23.3 Å². The van der Waals surface area contributed by atoms with Crippen molar-refractivity contribution in [2.24, 2.45) is 5.92 Å². The molecule has 0 aromatic heterocycles. The van der Waals surface area contributed by atoms with Crippen molar-refractivity contribution in [3.63, 3.8) is 0 Å². The Bertz CT molecular complexity index is 485. The number of benzene rings is 1. The SMILES string of the molecule is Cc1ccc(N2CCC(C(=O)O)C2(C)C)cc1Cl. The van der Waals surface area contributed by atoms with E-state index in [0.717, 1.165) is 22.8 Å². The molecule has 1 aromatic rings. The average molecular weight is 268 g/mol. The summed E-state index contributed by atoms with van der Waals surface area (Å²) in [6, 6.07) is 5.90. The Hall–Kier alpha value is -1.22. The van der Waals surface area contributed by atoms with Gasteiger partial charge in [0.1, 0.15) is 0 Å². The Balaban J connectivity index is 2.34. The highest BCUT2D eigenvalue weighted by atomic mass is 35.5. The normalized spacial score (nSPS) is 22.2. The molecule has 0 bridgehead atoms. The first kappa shape index (κ1) is 13.2. The van der Waals surface area contributed by atoms with Gasteiger partial charge < -0.3 is 10.0 Å². The van der Waals surface area contributed by atoms with E-state index in [0.29, 0.717) is 6.42 Å². The van der Waals surface area contributed by atoms with Crippen LogP contribution in [0.5, 0.6) is 0 Å². The molecule has 3 nitrogen and oxygen atoms in total. The van der Waals surface area contributed by atoms with E-state index in [2.05, 4.69) is 4.90 Å². The molecule has 1 aromatic carbocycles. The maximum atomic E-state index is 11.3. The van der Waals surface area contributed by atoms with Gasteiger partial charge in [0.25, 0.3) is 0 Å². The van der Waals surface area contributed by atoms with E-state index in [9.17, 15) is 9.90 Å². The van der Waals surface area contributed by atoms with Gasteiger partial charge in [-0.1, -0.05) is 17.7 Å². The maximum Gasteiger partial charge on any atom is 0.308 e. The number of nitrogens with zero attached hydrogens (tertiary/aromatic N) is 1. The fourth-order valence-corrected chi connectivity index (χ4v) is 2.90. The molecule has 0 aliphatic carbocycles. The van der Waals surface area contributed by atoms with E-state index in [4.69, 9.17) is 11.6 Å². The lowest BCUT2D eigenvalue weighted by Crippen LogP contribution is -2.45. The molecule has 0 radical (unpaired) electrons. The van der Waals surface area contributed by atoms with Crippen molar-refractivity contribution in [2.75, 3.05) is 11.4 Å². The first-order valence-corrected chi connectivity index (χ1v) is 6.48. The second-order valence-corrected chi connectivity index (χ2v) is 5.83. The fraction of sp³-hybridized carbons (Fsp3) is 0.500. The van der Waals surface area contributed by atoms with Crippen LogP contribution >= 0.6 is 11.6 Å². The van der Waals surface area contributed by atoms with Gasteiger partial charge in [-0.3, -0.25) is 4.79 Å². The Morgan fingerprint density at radius 2 is 2.17 bits per heavy atom. The summed E-state index contributed by atoms with van der Waals surface area (Å²) < 4.78 is 0. The monoisotopic (exact) mass is 267 g/mol. The van der Waals surface area contributed by atoms with Crippen molar-refractivity contribution < 1.29 is 9.90 Å². The van der Waals surface area contributed by atoms with E-state index < -0.39 is 5.97 Å². The van der Waals surface area contributed by atoms with E-state index in [1.54, 1.807) is 0 Å². The second kappa shape index (κ2) is 4.47. The first-order chi connectivity index (χ1) is 8.34. The van der Waals surface area contributed by atoms with Crippen LogP contribution in [0, 0.1) is 12.8 Å². The fourth-order valence-electron chi connectivity index (χ4n) is 2.72. The van der Waals surface area contributed by atoms with Gasteiger partial charge in [0, 0.05) is 22.8 Å². The van der Waals surface area contributed by atoms with E-state index in [1.165, 1.54) is 0 Å². The Kier molecular flexibility index (Phi) is 3.28. The van der Waals surface area contributed by atoms with Gasteiger partial charge in [-0.2, -0.15) is 0 Å². The van der Waals surface area contributed by atoms with Gasteiger partial charge in [-0.05, 0) is 44.9 Å². The topological polar surface area (TPSA) is 40.5 Å². The predicted molar refractivity (Wildman–Crippen MR) is 73.4 cm³/mol. The minimum absolute atomic E-state index is 0.336. The van der Waals surface area contributed by atoms with Crippen molar-refractivity contribution in [3.05, 3.63) is 28.8 Å². The average Bonchev–Trinajstić information content (AvgIpc) is 2.58. The molecule has 18 heavy (non-hydrogen) atoms. The number of carboxylic acids is 1. The van der Waals surface area contributed by atoms with Crippen molar-refractivity contribution in [3.8, 4) is 0 Å². The van der Waals surface area contributed by atoms with Gasteiger partial charge >= 0.3 is 5.97 Å². The molecule has 1 N–H and O–H groups in total. The summed E-state index contributed by atoms with van der Waals surface area (Å²) in [5.41, 5.74) is 1.65. The minimum atomic E-state index is -0.722. The largest absolute Gasteiger partial charge is 0.481 e. The van der Waals surface area contributed by atoms with Crippen molar-refractivity contribution in [1.82, 2.24) is 0 Å². The summed E-state index contributed by atoms with van der Waals surface area (Å²) in [6.07, 6.45) is 0.674. The highest BCUT2D eigenvalue weighted by molar-refractivity contribution is 6.31. The van der Waals surface area contributed by atoms with Crippen LogP contribution in [-0.4, -0.2) is 23.2 Å². The van der Waals surface area contributed by atoms with Crippen LogP contribution < -0.4 is 4.90 Å². The molecule has 1 unspecified atom stereocenters. The summed E-state index contributed by atoms with van der Waals surface area (Å²) in [7, 11) is 0. The molecule has 98 valence electrons. The van der Waals surface area contributed by atoms with Crippen LogP contribution in [0.4, 0.5) is 5.69 Å². The van der Waals surface area contributed by atoms with Crippen LogP contribution in [0.1, 0.15) is 25.8 Å². The molecule has 1 aliphatic heterocycles. The Morgan fingerprint density at radius 3 is 2.67 bits per heavy atom. The number of carboxylic acid groups (broad SMARTS) is 1. The first-order valence-electron chi connectivity index (χ1n) is 6.10. The molecule has 1 aliphatic rings. The number of carbonyl (C=O) groups is 1. The Labute approximate surface area is 112 Å². The van der Waals surface area contributed by atoms with Crippen LogP contribution in [0.3, 0.4) is 0 Å².